The van der Waals surface area contributed by atoms with E-state index in [2.05, 4.69) is 35.3 Å². The highest BCUT2D eigenvalue weighted by atomic mass is 16.3. The normalized spacial score (nSPS) is 15.0. The Bertz CT molecular complexity index is 294. The van der Waals surface area contributed by atoms with Crippen LogP contribution in [0.2, 0.25) is 0 Å². The maximum atomic E-state index is 9.23. The number of rotatable bonds is 7. The fraction of sp³-hybridized carbons (Fsp3) is 0.692. The van der Waals surface area contributed by atoms with E-state index >= 15 is 0 Å². The lowest BCUT2D eigenvalue weighted by Crippen LogP contribution is -2.15. The van der Waals surface area contributed by atoms with Gasteiger partial charge in [-0.1, -0.05) is 13.3 Å². The number of aliphatic hydroxyl groups excluding tert-OH is 1. The molecule has 0 aromatic carbocycles. The van der Waals surface area contributed by atoms with E-state index in [9.17, 15) is 5.11 Å². The Balaban J connectivity index is 2.55. The summed E-state index contributed by atoms with van der Waals surface area (Å²) in [5, 5.41) is 12.6. The fourth-order valence-electron chi connectivity index (χ4n) is 1.91. The molecule has 0 saturated carbocycles. The van der Waals surface area contributed by atoms with Gasteiger partial charge in [0.05, 0.1) is 6.10 Å². The molecule has 0 saturated heterocycles. The topological polar surface area (TPSA) is 37.2 Å². The lowest BCUT2D eigenvalue weighted by atomic mass is 10.1. The molecule has 0 fully saturated rings. The summed E-state index contributed by atoms with van der Waals surface area (Å²) in [6.45, 7) is 4.92. The molecule has 2 N–H and O–H groups in total. The van der Waals surface area contributed by atoms with E-state index in [1.807, 2.05) is 14.0 Å². The number of hydrogen-bond acceptors (Lipinski definition) is 2. The molecule has 3 nitrogen and oxygen atoms in total. The Labute approximate surface area is 98.5 Å². The summed E-state index contributed by atoms with van der Waals surface area (Å²) in [6, 6.07) is 2.62. The molecule has 1 aromatic heterocycles. The summed E-state index contributed by atoms with van der Waals surface area (Å²) >= 11 is 0. The van der Waals surface area contributed by atoms with Gasteiger partial charge in [-0.2, -0.15) is 0 Å². The second-order valence-corrected chi connectivity index (χ2v) is 4.45. The van der Waals surface area contributed by atoms with Crippen LogP contribution in [0.1, 0.15) is 44.7 Å². The molecule has 1 heterocycles. The average molecular weight is 224 g/mol. The van der Waals surface area contributed by atoms with Crippen molar-refractivity contribution < 1.29 is 5.11 Å². The third-order valence-electron chi connectivity index (χ3n) is 2.91. The molecular weight excluding hydrogens is 200 g/mol. The summed E-state index contributed by atoms with van der Waals surface area (Å²) in [7, 11) is 2.01. The van der Waals surface area contributed by atoms with E-state index in [0.29, 0.717) is 6.04 Å². The molecule has 0 spiro atoms. The summed E-state index contributed by atoms with van der Waals surface area (Å²) in [5.41, 5.74) is 1.34. The van der Waals surface area contributed by atoms with Crippen LogP contribution in [0.15, 0.2) is 18.5 Å². The highest BCUT2D eigenvalue weighted by molar-refractivity contribution is 5.15. The lowest BCUT2D eigenvalue weighted by Gasteiger charge is -2.13. The molecular formula is C13H24N2O. The van der Waals surface area contributed by atoms with Gasteiger partial charge in [0.2, 0.25) is 0 Å². The SMILES string of the molecule is CCCC(NC)c1ccn(CCC(C)O)c1. The van der Waals surface area contributed by atoms with Crippen molar-refractivity contribution in [3.05, 3.63) is 24.0 Å². The summed E-state index contributed by atoms with van der Waals surface area (Å²) < 4.78 is 2.15. The molecule has 16 heavy (non-hydrogen) atoms. The Hall–Kier alpha value is -0.800. The van der Waals surface area contributed by atoms with Gasteiger partial charge in [0.25, 0.3) is 0 Å². The molecule has 2 atom stereocenters. The minimum atomic E-state index is -0.221. The molecule has 1 aromatic rings. The van der Waals surface area contributed by atoms with Crippen molar-refractivity contribution >= 4 is 0 Å². The zero-order chi connectivity index (χ0) is 12.0. The molecule has 0 aliphatic carbocycles. The second-order valence-electron chi connectivity index (χ2n) is 4.45. The van der Waals surface area contributed by atoms with Crippen LogP contribution >= 0.6 is 0 Å². The van der Waals surface area contributed by atoms with Gasteiger partial charge < -0.3 is 15.0 Å². The zero-order valence-electron chi connectivity index (χ0n) is 10.6. The summed E-state index contributed by atoms with van der Waals surface area (Å²) in [5.74, 6) is 0. The van der Waals surface area contributed by atoms with Crippen molar-refractivity contribution in [3.63, 3.8) is 0 Å². The zero-order valence-corrected chi connectivity index (χ0v) is 10.6. The highest BCUT2D eigenvalue weighted by Crippen LogP contribution is 2.18. The Morgan fingerprint density at radius 1 is 1.44 bits per heavy atom. The van der Waals surface area contributed by atoms with Gasteiger partial charge in [0.15, 0.2) is 0 Å². The molecule has 0 aliphatic rings. The van der Waals surface area contributed by atoms with E-state index in [1.54, 1.807) is 0 Å². The Morgan fingerprint density at radius 3 is 2.75 bits per heavy atom. The van der Waals surface area contributed by atoms with Gasteiger partial charge in [-0.3, -0.25) is 0 Å². The van der Waals surface area contributed by atoms with Crippen LogP contribution in [0.5, 0.6) is 0 Å². The van der Waals surface area contributed by atoms with E-state index in [4.69, 9.17) is 0 Å². The molecule has 0 aliphatic heterocycles. The van der Waals surface area contributed by atoms with Crippen LogP contribution in [0, 0.1) is 0 Å². The van der Waals surface area contributed by atoms with Crippen LogP contribution in [0.3, 0.4) is 0 Å². The lowest BCUT2D eigenvalue weighted by molar-refractivity contribution is 0.178. The van der Waals surface area contributed by atoms with Crippen LogP contribution in [0.4, 0.5) is 0 Å². The minimum Gasteiger partial charge on any atom is -0.393 e. The van der Waals surface area contributed by atoms with Crippen molar-refractivity contribution in [1.29, 1.82) is 0 Å². The number of aromatic nitrogens is 1. The molecule has 92 valence electrons. The predicted molar refractivity (Wildman–Crippen MR) is 67.4 cm³/mol. The van der Waals surface area contributed by atoms with Crippen molar-refractivity contribution in [2.45, 2.75) is 51.8 Å². The van der Waals surface area contributed by atoms with Crippen molar-refractivity contribution in [2.24, 2.45) is 0 Å². The van der Waals surface area contributed by atoms with Crippen LogP contribution in [0.25, 0.3) is 0 Å². The van der Waals surface area contributed by atoms with E-state index in [-0.39, 0.29) is 6.10 Å². The van der Waals surface area contributed by atoms with E-state index < -0.39 is 0 Å². The minimum absolute atomic E-state index is 0.221. The van der Waals surface area contributed by atoms with Gasteiger partial charge in [-0.05, 0) is 38.4 Å². The summed E-state index contributed by atoms with van der Waals surface area (Å²) in [6.07, 6.45) is 7.21. The smallest absolute Gasteiger partial charge is 0.0529 e. The first-order valence-electron chi connectivity index (χ1n) is 6.18. The first-order chi connectivity index (χ1) is 7.67. The summed E-state index contributed by atoms with van der Waals surface area (Å²) in [4.78, 5) is 0. The molecule has 0 bridgehead atoms. The molecule has 0 radical (unpaired) electrons. The molecule has 3 heteroatoms. The molecule has 2 unspecified atom stereocenters. The molecule has 1 rings (SSSR count). The number of aryl methyl sites for hydroxylation is 1. The third kappa shape index (κ3) is 3.99. The number of nitrogens with one attached hydrogen (secondary N) is 1. The Kier molecular flexibility index (Phi) is 5.56. The van der Waals surface area contributed by atoms with Gasteiger partial charge in [-0.15, -0.1) is 0 Å². The maximum Gasteiger partial charge on any atom is 0.0529 e. The fourth-order valence-corrected chi connectivity index (χ4v) is 1.91. The number of aliphatic hydroxyl groups is 1. The maximum absolute atomic E-state index is 9.23. The van der Waals surface area contributed by atoms with Crippen LogP contribution in [-0.2, 0) is 6.54 Å². The monoisotopic (exact) mass is 224 g/mol. The number of nitrogens with zero attached hydrogens (tertiary/aromatic N) is 1. The standard InChI is InChI=1S/C13H24N2O/c1-4-5-13(14-3)12-7-9-15(10-12)8-6-11(2)16/h7,9-11,13-14,16H,4-6,8H2,1-3H3. The van der Waals surface area contributed by atoms with E-state index in [0.717, 1.165) is 19.4 Å². The van der Waals surface area contributed by atoms with Crippen LogP contribution < -0.4 is 5.32 Å². The predicted octanol–water partition coefficient (Wildman–Crippen LogP) is 2.32. The second kappa shape index (κ2) is 6.71. The van der Waals surface area contributed by atoms with Crippen molar-refractivity contribution in [2.75, 3.05) is 7.05 Å². The van der Waals surface area contributed by atoms with Crippen molar-refractivity contribution in [3.8, 4) is 0 Å². The Morgan fingerprint density at radius 2 is 2.19 bits per heavy atom. The van der Waals surface area contributed by atoms with E-state index in [1.165, 1.54) is 12.0 Å². The first kappa shape index (κ1) is 13.3. The van der Waals surface area contributed by atoms with Crippen LogP contribution in [-0.4, -0.2) is 22.8 Å². The van der Waals surface area contributed by atoms with Crippen molar-refractivity contribution in [1.82, 2.24) is 9.88 Å². The van der Waals surface area contributed by atoms with Gasteiger partial charge in [0, 0.05) is 25.0 Å². The first-order valence-corrected chi connectivity index (χ1v) is 6.18. The third-order valence-corrected chi connectivity index (χ3v) is 2.91. The van der Waals surface area contributed by atoms with Gasteiger partial charge in [0.1, 0.15) is 0 Å². The quantitative estimate of drug-likeness (QED) is 0.746. The average Bonchev–Trinajstić information content (AvgIpc) is 2.71. The molecule has 0 amide bonds. The van der Waals surface area contributed by atoms with Gasteiger partial charge in [-0.25, -0.2) is 0 Å². The highest BCUT2D eigenvalue weighted by Gasteiger charge is 2.09. The van der Waals surface area contributed by atoms with Gasteiger partial charge >= 0.3 is 0 Å². The largest absolute Gasteiger partial charge is 0.393 e. The number of hydrogen-bond donors (Lipinski definition) is 2.